The van der Waals surface area contributed by atoms with E-state index >= 15 is 0 Å². The molecule has 15 heavy (non-hydrogen) atoms. The summed E-state index contributed by atoms with van der Waals surface area (Å²) in [6.07, 6.45) is 3.65. The maximum Gasteiger partial charge on any atom is 0.141 e. The van der Waals surface area contributed by atoms with Crippen molar-refractivity contribution in [2.24, 2.45) is 7.05 Å². The molecular weight excluding hydrogens is 206 g/mol. The van der Waals surface area contributed by atoms with Crippen LogP contribution in [0.5, 0.6) is 0 Å². The fourth-order valence-electron chi connectivity index (χ4n) is 1.30. The summed E-state index contributed by atoms with van der Waals surface area (Å²) in [5, 5.41) is 3.17. The Bertz CT molecular complexity index is 462. The molecule has 0 fully saturated rings. The topological polar surface area (TPSA) is 30.7 Å². The van der Waals surface area contributed by atoms with Crippen LogP contribution in [0.1, 0.15) is 26.5 Å². The van der Waals surface area contributed by atoms with Crippen molar-refractivity contribution < 1.29 is 0 Å². The molecule has 0 aliphatic rings. The zero-order chi connectivity index (χ0) is 11.1. The molecule has 2 heterocycles. The summed E-state index contributed by atoms with van der Waals surface area (Å²) in [6, 6.07) is 0. The Morgan fingerprint density at radius 2 is 2.07 bits per heavy atom. The molecule has 4 heteroatoms. The standard InChI is InChI=1S/C11H15N3S/c1-11(2,3)9-6-15-10(13-9)8-5-12-7-14(8)4/h5-7H,1-4H3. The number of hydrogen-bond donors (Lipinski definition) is 0. The largest absolute Gasteiger partial charge is 0.332 e. The van der Waals surface area contributed by atoms with Crippen LogP contribution in [0.15, 0.2) is 17.9 Å². The Morgan fingerprint density at radius 3 is 2.53 bits per heavy atom. The zero-order valence-electron chi connectivity index (χ0n) is 9.48. The Balaban J connectivity index is 2.41. The Hall–Kier alpha value is -1.16. The van der Waals surface area contributed by atoms with Gasteiger partial charge in [0.2, 0.25) is 0 Å². The van der Waals surface area contributed by atoms with Crippen molar-refractivity contribution in [3.63, 3.8) is 0 Å². The first-order chi connectivity index (χ1) is 6.98. The van der Waals surface area contributed by atoms with Crippen LogP contribution in [0.25, 0.3) is 10.7 Å². The molecule has 0 aliphatic carbocycles. The number of thiazole rings is 1. The van der Waals surface area contributed by atoms with Gasteiger partial charge in [-0.3, -0.25) is 0 Å². The highest BCUT2D eigenvalue weighted by Crippen LogP contribution is 2.29. The fourth-order valence-corrected chi connectivity index (χ4v) is 2.40. The summed E-state index contributed by atoms with van der Waals surface area (Å²) in [5.41, 5.74) is 2.34. The smallest absolute Gasteiger partial charge is 0.141 e. The zero-order valence-corrected chi connectivity index (χ0v) is 10.3. The van der Waals surface area contributed by atoms with Crippen LogP contribution in [0.2, 0.25) is 0 Å². The molecule has 80 valence electrons. The van der Waals surface area contributed by atoms with E-state index in [2.05, 4.69) is 36.1 Å². The maximum atomic E-state index is 4.64. The van der Waals surface area contributed by atoms with E-state index in [0.717, 1.165) is 16.4 Å². The molecule has 0 aliphatic heterocycles. The number of nitrogens with zero attached hydrogens (tertiary/aromatic N) is 3. The Morgan fingerprint density at radius 1 is 1.33 bits per heavy atom. The molecule has 3 nitrogen and oxygen atoms in total. The number of hydrogen-bond acceptors (Lipinski definition) is 3. The number of aryl methyl sites for hydroxylation is 1. The van der Waals surface area contributed by atoms with Gasteiger partial charge in [-0.2, -0.15) is 0 Å². The third-order valence-electron chi connectivity index (χ3n) is 2.31. The van der Waals surface area contributed by atoms with Crippen LogP contribution in [0, 0.1) is 0 Å². The molecule has 0 amide bonds. The van der Waals surface area contributed by atoms with Gasteiger partial charge in [0.15, 0.2) is 0 Å². The van der Waals surface area contributed by atoms with Gasteiger partial charge in [-0.25, -0.2) is 9.97 Å². The van der Waals surface area contributed by atoms with Crippen molar-refractivity contribution in [2.75, 3.05) is 0 Å². The van der Waals surface area contributed by atoms with Crippen LogP contribution < -0.4 is 0 Å². The molecule has 0 N–H and O–H groups in total. The van der Waals surface area contributed by atoms with Crippen molar-refractivity contribution in [1.29, 1.82) is 0 Å². The van der Waals surface area contributed by atoms with Crippen LogP contribution in [-0.2, 0) is 12.5 Å². The minimum absolute atomic E-state index is 0.118. The highest BCUT2D eigenvalue weighted by Gasteiger charge is 2.18. The molecule has 0 saturated carbocycles. The first-order valence-electron chi connectivity index (χ1n) is 4.91. The van der Waals surface area contributed by atoms with E-state index in [0.29, 0.717) is 0 Å². The lowest BCUT2D eigenvalue weighted by molar-refractivity contribution is 0.573. The second-order valence-electron chi connectivity index (χ2n) is 4.68. The fraction of sp³-hybridized carbons (Fsp3) is 0.455. The quantitative estimate of drug-likeness (QED) is 0.741. The summed E-state index contributed by atoms with van der Waals surface area (Å²) >= 11 is 1.68. The van der Waals surface area contributed by atoms with Gasteiger partial charge in [0.05, 0.1) is 23.9 Å². The van der Waals surface area contributed by atoms with Crippen LogP contribution in [-0.4, -0.2) is 14.5 Å². The first kappa shape index (κ1) is 10.4. The average Bonchev–Trinajstić information content (AvgIpc) is 2.69. The summed E-state index contributed by atoms with van der Waals surface area (Å²) in [5.74, 6) is 0. The van der Waals surface area contributed by atoms with Gasteiger partial charge in [-0.05, 0) is 0 Å². The SMILES string of the molecule is Cn1cncc1-c1nc(C(C)(C)C)cs1. The minimum atomic E-state index is 0.118. The van der Waals surface area contributed by atoms with Crippen LogP contribution in [0.3, 0.4) is 0 Å². The molecule has 0 aromatic carbocycles. The monoisotopic (exact) mass is 221 g/mol. The van der Waals surface area contributed by atoms with E-state index in [1.54, 1.807) is 17.7 Å². The van der Waals surface area contributed by atoms with Gasteiger partial charge < -0.3 is 4.57 Å². The second kappa shape index (κ2) is 3.45. The van der Waals surface area contributed by atoms with Crippen molar-refractivity contribution >= 4 is 11.3 Å². The summed E-state index contributed by atoms with van der Waals surface area (Å²) in [4.78, 5) is 8.74. The molecule has 2 rings (SSSR count). The number of rotatable bonds is 1. The lowest BCUT2D eigenvalue weighted by Crippen LogP contribution is -2.11. The van der Waals surface area contributed by atoms with E-state index in [-0.39, 0.29) is 5.41 Å². The number of aromatic nitrogens is 3. The van der Waals surface area contributed by atoms with Gasteiger partial charge >= 0.3 is 0 Å². The predicted octanol–water partition coefficient (Wildman–Crippen LogP) is 2.84. The summed E-state index contributed by atoms with van der Waals surface area (Å²) in [6.45, 7) is 6.53. The average molecular weight is 221 g/mol. The van der Waals surface area contributed by atoms with Gasteiger partial charge in [0, 0.05) is 17.8 Å². The molecule has 0 unspecified atom stereocenters. The maximum absolute atomic E-state index is 4.64. The Kier molecular flexibility index (Phi) is 2.38. The lowest BCUT2D eigenvalue weighted by Gasteiger charge is -2.14. The van der Waals surface area contributed by atoms with Crippen LogP contribution >= 0.6 is 11.3 Å². The predicted molar refractivity (Wildman–Crippen MR) is 63.0 cm³/mol. The Labute approximate surface area is 93.8 Å². The number of imidazole rings is 1. The van der Waals surface area contributed by atoms with E-state index < -0.39 is 0 Å². The molecule has 0 radical (unpaired) electrons. The van der Waals surface area contributed by atoms with Gasteiger partial charge in [-0.15, -0.1) is 11.3 Å². The van der Waals surface area contributed by atoms with E-state index in [4.69, 9.17) is 0 Å². The highest BCUT2D eigenvalue weighted by molar-refractivity contribution is 7.13. The van der Waals surface area contributed by atoms with Crippen molar-refractivity contribution in [3.05, 3.63) is 23.6 Å². The van der Waals surface area contributed by atoms with E-state index in [1.807, 2.05) is 17.8 Å². The van der Waals surface area contributed by atoms with Gasteiger partial charge in [-0.1, -0.05) is 20.8 Å². The summed E-state index contributed by atoms with van der Waals surface area (Å²) < 4.78 is 1.99. The molecule has 0 bridgehead atoms. The molecule has 2 aromatic heterocycles. The van der Waals surface area contributed by atoms with Gasteiger partial charge in [0.25, 0.3) is 0 Å². The molecular formula is C11H15N3S. The first-order valence-corrected chi connectivity index (χ1v) is 5.79. The highest BCUT2D eigenvalue weighted by atomic mass is 32.1. The third-order valence-corrected chi connectivity index (χ3v) is 3.17. The van der Waals surface area contributed by atoms with Crippen molar-refractivity contribution in [1.82, 2.24) is 14.5 Å². The summed E-state index contributed by atoms with van der Waals surface area (Å²) in [7, 11) is 1.99. The van der Waals surface area contributed by atoms with Crippen molar-refractivity contribution in [3.8, 4) is 10.7 Å². The molecule has 0 saturated heterocycles. The second-order valence-corrected chi connectivity index (χ2v) is 5.54. The molecule has 0 atom stereocenters. The van der Waals surface area contributed by atoms with E-state index in [1.165, 1.54) is 0 Å². The normalized spacial score (nSPS) is 12.0. The van der Waals surface area contributed by atoms with Crippen LogP contribution in [0.4, 0.5) is 0 Å². The minimum Gasteiger partial charge on any atom is -0.332 e. The van der Waals surface area contributed by atoms with Crippen molar-refractivity contribution in [2.45, 2.75) is 26.2 Å². The molecule has 0 spiro atoms. The molecule has 2 aromatic rings. The third kappa shape index (κ3) is 1.95. The van der Waals surface area contributed by atoms with Gasteiger partial charge in [0.1, 0.15) is 5.01 Å². The lowest BCUT2D eigenvalue weighted by atomic mass is 9.93. The van der Waals surface area contributed by atoms with E-state index in [9.17, 15) is 0 Å².